The molecule has 0 fully saturated rings. The molecule has 1 aromatic heterocycles. The Morgan fingerprint density at radius 2 is 2.20 bits per heavy atom. The fourth-order valence-electron chi connectivity index (χ4n) is 1.67. The van der Waals surface area contributed by atoms with Crippen molar-refractivity contribution in [2.75, 3.05) is 0 Å². The van der Waals surface area contributed by atoms with Gasteiger partial charge in [0.25, 0.3) is 5.69 Å². The van der Waals surface area contributed by atoms with E-state index in [4.69, 9.17) is 0 Å². The minimum absolute atomic E-state index is 0.108. The Labute approximate surface area is 90.7 Å². The topological polar surface area (TPSA) is 56.0 Å². The highest BCUT2D eigenvalue weighted by atomic mass is 32.1. The number of hydrogen-bond donors (Lipinski definition) is 0. The Hall–Kier alpha value is -1.49. The van der Waals surface area contributed by atoms with Crippen molar-refractivity contribution < 1.29 is 4.92 Å². The summed E-state index contributed by atoms with van der Waals surface area (Å²) in [6.45, 7) is 3.89. The highest BCUT2D eigenvalue weighted by Crippen LogP contribution is 2.34. The average molecular weight is 222 g/mol. The highest BCUT2D eigenvalue weighted by Gasteiger charge is 2.20. The number of rotatable bonds is 2. The Morgan fingerprint density at radius 3 is 2.80 bits per heavy atom. The van der Waals surface area contributed by atoms with Crippen LogP contribution in [0.1, 0.15) is 25.3 Å². The largest absolute Gasteiger partial charge is 0.275 e. The maximum atomic E-state index is 10.9. The summed E-state index contributed by atoms with van der Waals surface area (Å²) in [7, 11) is 0. The SMILES string of the molecule is CC(C)c1c([N+](=O)[O-])ccc2scnc12. The Balaban J connectivity index is 2.81. The van der Waals surface area contributed by atoms with Gasteiger partial charge in [-0.15, -0.1) is 11.3 Å². The summed E-state index contributed by atoms with van der Waals surface area (Å²) >= 11 is 1.51. The van der Waals surface area contributed by atoms with E-state index in [1.807, 2.05) is 13.8 Å². The minimum Gasteiger partial charge on any atom is -0.258 e. The zero-order valence-electron chi connectivity index (χ0n) is 8.43. The zero-order valence-corrected chi connectivity index (χ0v) is 9.25. The van der Waals surface area contributed by atoms with Crippen LogP contribution in [0, 0.1) is 10.1 Å². The molecule has 78 valence electrons. The van der Waals surface area contributed by atoms with Crippen molar-refractivity contribution in [1.29, 1.82) is 0 Å². The second kappa shape index (κ2) is 3.58. The second-order valence-corrected chi connectivity index (χ2v) is 4.50. The number of nitro groups is 1. The predicted molar refractivity (Wildman–Crippen MR) is 60.4 cm³/mol. The van der Waals surface area contributed by atoms with E-state index in [1.54, 1.807) is 17.6 Å². The third-order valence-corrected chi connectivity index (χ3v) is 3.09. The molecular weight excluding hydrogens is 212 g/mol. The van der Waals surface area contributed by atoms with Gasteiger partial charge >= 0.3 is 0 Å². The quantitative estimate of drug-likeness (QED) is 0.578. The van der Waals surface area contributed by atoms with Crippen molar-refractivity contribution >= 4 is 27.2 Å². The Morgan fingerprint density at radius 1 is 1.47 bits per heavy atom. The molecule has 0 spiro atoms. The van der Waals surface area contributed by atoms with Crippen molar-refractivity contribution in [3.8, 4) is 0 Å². The van der Waals surface area contributed by atoms with E-state index in [2.05, 4.69) is 4.98 Å². The summed E-state index contributed by atoms with van der Waals surface area (Å²) in [6.07, 6.45) is 0. The summed E-state index contributed by atoms with van der Waals surface area (Å²) < 4.78 is 1.00. The summed E-state index contributed by atoms with van der Waals surface area (Å²) in [6, 6.07) is 3.33. The van der Waals surface area contributed by atoms with Crippen LogP contribution in [0.4, 0.5) is 5.69 Å². The molecule has 0 N–H and O–H groups in total. The van der Waals surface area contributed by atoms with E-state index in [0.717, 1.165) is 15.8 Å². The first-order valence-corrected chi connectivity index (χ1v) is 5.49. The molecule has 2 aromatic rings. The molecule has 0 radical (unpaired) electrons. The molecule has 4 nitrogen and oxygen atoms in total. The smallest absolute Gasteiger partial charge is 0.258 e. The number of thiazole rings is 1. The van der Waals surface area contributed by atoms with E-state index in [1.165, 1.54) is 11.3 Å². The van der Waals surface area contributed by atoms with Gasteiger partial charge in [0.05, 0.1) is 26.2 Å². The monoisotopic (exact) mass is 222 g/mol. The lowest BCUT2D eigenvalue weighted by atomic mass is 10.00. The predicted octanol–water partition coefficient (Wildman–Crippen LogP) is 3.33. The molecule has 1 heterocycles. The third kappa shape index (κ3) is 1.59. The highest BCUT2D eigenvalue weighted by molar-refractivity contribution is 7.16. The molecule has 15 heavy (non-hydrogen) atoms. The number of hydrogen-bond acceptors (Lipinski definition) is 4. The van der Waals surface area contributed by atoms with Crippen LogP contribution < -0.4 is 0 Å². The van der Waals surface area contributed by atoms with E-state index in [-0.39, 0.29) is 16.5 Å². The molecule has 1 aromatic carbocycles. The normalized spacial score (nSPS) is 11.1. The maximum Gasteiger partial charge on any atom is 0.275 e. The number of nitro benzene ring substituents is 1. The minimum atomic E-state index is -0.339. The van der Waals surface area contributed by atoms with Gasteiger partial charge in [0.1, 0.15) is 0 Å². The molecule has 0 atom stereocenters. The summed E-state index contributed by atoms with van der Waals surface area (Å²) in [4.78, 5) is 14.7. The van der Waals surface area contributed by atoms with Crippen LogP contribution in [0.2, 0.25) is 0 Å². The van der Waals surface area contributed by atoms with Gasteiger partial charge in [-0.2, -0.15) is 0 Å². The van der Waals surface area contributed by atoms with Gasteiger partial charge in [0.2, 0.25) is 0 Å². The third-order valence-electron chi connectivity index (χ3n) is 2.29. The van der Waals surface area contributed by atoms with Crippen LogP contribution in [0.5, 0.6) is 0 Å². The van der Waals surface area contributed by atoms with Gasteiger partial charge < -0.3 is 0 Å². The Kier molecular flexibility index (Phi) is 2.40. The van der Waals surface area contributed by atoms with Crippen LogP contribution in [-0.2, 0) is 0 Å². The molecule has 2 rings (SSSR count). The fraction of sp³-hybridized carbons (Fsp3) is 0.300. The Bertz CT molecular complexity index is 519. The van der Waals surface area contributed by atoms with Crippen LogP contribution in [0.3, 0.4) is 0 Å². The number of nitrogens with zero attached hydrogens (tertiary/aromatic N) is 2. The molecule has 0 amide bonds. The zero-order chi connectivity index (χ0) is 11.0. The van der Waals surface area contributed by atoms with Crippen LogP contribution in [0.15, 0.2) is 17.6 Å². The summed E-state index contributed by atoms with van der Waals surface area (Å²) in [5.74, 6) is 0.108. The average Bonchev–Trinajstić information content (AvgIpc) is 2.62. The molecule has 0 aliphatic heterocycles. The molecule has 0 aliphatic rings. The van der Waals surface area contributed by atoms with Crippen molar-refractivity contribution in [3.63, 3.8) is 0 Å². The molecule has 0 bridgehead atoms. The molecular formula is C10H10N2O2S. The van der Waals surface area contributed by atoms with Gasteiger partial charge in [0, 0.05) is 6.07 Å². The molecule has 5 heteroatoms. The second-order valence-electron chi connectivity index (χ2n) is 3.61. The van der Waals surface area contributed by atoms with Crippen molar-refractivity contribution in [2.45, 2.75) is 19.8 Å². The molecule has 0 aliphatic carbocycles. The van der Waals surface area contributed by atoms with Crippen molar-refractivity contribution in [1.82, 2.24) is 4.98 Å². The van der Waals surface area contributed by atoms with Crippen LogP contribution in [-0.4, -0.2) is 9.91 Å². The van der Waals surface area contributed by atoms with E-state index >= 15 is 0 Å². The lowest BCUT2D eigenvalue weighted by molar-refractivity contribution is -0.385. The first-order valence-electron chi connectivity index (χ1n) is 4.61. The van der Waals surface area contributed by atoms with E-state index in [0.29, 0.717) is 0 Å². The number of fused-ring (bicyclic) bond motifs is 1. The van der Waals surface area contributed by atoms with Gasteiger partial charge in [-0.1, -0.05) is 13.8 Å². The lowest BCUT2D eigenvalue weighted by Crippen LogP contribution is -1.98. The summed E-state index contributed by atoms with van der Waals surface area (Å²) in [5.41, 5.74) is 3.40. The lowest BCUT2D eigenvalue weighted by Gasteiger charge is -2.06. The molecule has 0 saturated carbocycles. The summed E-state index contributed by atoms with van der Waals surface area (Å²) in [5, 5.41) is 10.9. The van der Waals surface area contributed by atoms with Gasteiger partial charge in [0.15, 0.2) is 0 Å². The van der Waals surface area contributed by atoms with Gasteiger partial charge in [-0.05, 0) is 12.0 Å². The van der Waals surface area contributed by atoms with Crippen LogP contribution >= 0.6 is 11.3 Å². The van der Waals surface area contributed by atoms with Gasteiger partial charge in [-0.3, -0.25) is 10.1 Å². The van der Waals surface area contributed by atoms with Crippen molar-refractivity contribution in [3.05, 3.63) is 33.3 Å². The van der Waals surface area contributed by atoms with Gasteiger partial charge in [-0.25, -0.2) is 4.98 Å². The van der Waals surface area contributed by atoms with Crippen LogP contribution in [0.25, 0.3) is 10.2 Å². The number of aromatic nitrogens is 1. The van der Waals surface area contributed by atoms with Crippen molar-refractivity contribution in [2.24, 2.45) is 0 Å². The van der Waals surface area contributed by atoms with E-state index in [9.17, 15) is 10.1 Å². The number of benzene rings is 1. The standard InChI is InChI=1S/C10H10N2O2S/c1-6(2)9-7(12(13)14)3-4-8-10(9)11-5-15-8/h3-6H,1-2H3. The fourth-order valence-corrected chi connectivity index (χ4v) is 2.36. The van der Waals surface area contributed by atoms with E-state index < -0.39 is 0 Å². The first kappa shape index (κ1) is 10.0. The molecule has 0 saturated heterocycles. The maximum absolute atomic E-state index is 10.9. The molecule has 0 unspecified atom stereocenters. The first-order chi connectivity index (χ1) is 7.11.